The van der Waals surface area contributed by atoms with Crippen LogP contribution in [0.4, 0.5) is 0 Å². The summed E-state index contributed by atoms with van der Waals surface area (Å²) in [5.74, 6) is 0. The minimum absolute atomic E-state index is 1.21. The highest BCUT2D eigenvalue weighted by molar-refractivity contribution is 7.26. The number of aromatic nitrogens is 1. The first kappa shape index (κ1) is 21.5. The molecule has 3 heteroatoms. The van der Waals surface area contributed by atoms with Crippen LogP contribution in [0.2, 0.25) is 0 Å². The summed E-state index contributed by atoms with van der Waals surface area (Å²) in [6.07, 6.45) is 0. The average molecular weight is 532 g/mol. The van der Waals surface area contributed by atoms with Crippen molar-refractivity contribution < 1.29 is 0 Å². The van der Waals surface area contributed by atoms with Crippen LogP contribution in [-0.2, 0) is 0 Å². The molecule has 0 unspecified atom stereocenters. The fraction of sp³-hybridized carbons (Fsp3) is 0. The van der Waals surface area contributed by atoms with E-state index in [0.29, 0.717) is 0 Å². The molecule has 0 amide bonds. The molecule has 0 saturated heterocycles. The number of hydrogen-bond donors (Lipinski definition) is 0. The van der Waals surface area contributed by atoms with Crippen LogP contribution < -0.4 is 0 Å². The lowest BCUT2D eigenvalue weighted by molar-refractivity contribution is 1.19. The molecule has 0 radical (unpaired) electrons. The van der Waals surface area contributed by atoms with Crippen molar-refractivity contribution in [3.05, 3.63) is 127 Å². The molecule has 0 aliphatic carbocycles. The minimum atomic E-state index is 1.21. The predicted molar refractivity (Wildman–Crippen MR) is 172 cm³/mol. The molecule has 0 bridgehead atoms. The van der Waals surface area contributed by atoms with E-state index in [-0.39, 0.29) is 0 Å². The molecule has 0 spiro atoms. The van der Waals surface area contributed by atoms with Crippen molar-refractivity contribution in [1.82, 2.24) is 4.57 Å². The Bertz CT molecular complexity index is 2350. The van der Waals surface area contributed by atoms with Crippen molar-refractivity contribution in [1.29, 1.82) is 0 Å². The standard InChI is InChI=1S/C36H21NS2/c1-4-13-31-25(8-1)26-9-2-5-14-32(26)37(31)23-17-19-29-30-12-7-11-24(36(30)39-35(29)21-23)22-16-18-28-27-10-3-6-15-33(27)38-34(28)20-22/h1-21H. The first-order valence-electron chi connectivity index (χ1n) is 13.2. The Labute approximate surface area is 232 Å². The lowest BCUT2D eigenvalue weighted by Gasteiger charge is -2.08. The number of thiophene rings is 2. The van der Waals surface area contributed by atoms with Gasteiger partial charge in [0.1, 0.15) is 0 Å². The van der Waals surface area contributed by atoms with E-state index in [0.717, 1.165) is 0 Å². The Hall–Kier alpha value is -4.44. The van der Waals surface area contributed by atoms with Crippen molar-refractivity contribution in [3.8, 4) is 16.8 Å². The van der Waals surface area contributed by atoms with Crippen LogP contribution in [-0.4, -0.2) is 4.57 Å². The van der Waals surface area contributed by atoms with Crippen molar-refractivity contribution in [2.24, 2.45) is 0 Å². The van der Waals surface area contributed by atoms with E-state index in [1.54, 1.807) is 0 Å². The van der Waals surface area contributed by atoms with Gasteiger partial charge in [-0.25, -0.2) is 0 Å². The van der Waals surface area contributed by atoms with Crippen LogP contribution in [0.25, 0.3) is 79.0 Å². The van der Waals surface area contributed by atoms with Gasteiger partial charge in [0.25, 0.3) is 0 Å². The van der Waals surface area contributed by atoms with E-state index >= 15 is 0 Å². The molecule has 182 valence electrons. The second-order valence-electron chi connectivity index (χ2n) is 10.1. The van der Waals surface area contributed by atoms with Crippen molar-refractivity contribution in [3.63, 3.8) is 0 Å². The molecule has 0 N–H and O–H groups in total. The van der Waals surface area contributed by atoms with Gasteiger partial charge in [-0.2, -0.15) is 0 Å². The summed E-state index contributed by atoms with van der Waals surface area (Å²) in [5, 5.41) is 7.94. The van der Waals surface area contributed by atoms with Crippen LogP contribution in [0.15, 0.2) is 127 Å². The Morgan fingerprint density at radius 2 is 1.03 bits per heavy atom. The van der Waals surface area contributed by atoms with Crippen molar-refractivity contribution >= 4 is 84.8 Å². The number of benzene rings is 6. The summed E-state index contributed by atoms with van der Waals surface area (Å²) in [4.78, 5) is 0. The molecule has 0 aliphatic rings. The van der Waals surface area contributed by atoms with E-state index in [9.17, 15) is 0 Å². The SMILES string of the molecule is c1ccc2c(c1)sc1cc(-c3cccc4c3sc3cc(-n5c6ccccc6c6ccccc65)ccc34)ccc12. The van der Waals surface area contributed by atoms with Gasteiger partial charge >= 0.3 is 0 Å². The number of nitrogens with zero attached hydrogens (tertiary/aromatic N) is 1. The van der Waals surface area contributed by atoms with Crippen LogP contribution in [0.3, 0.4) is 0 Å². The van der Waals surface area contributed by atoms with Crippen LogP contribution >= 0.6 is 22.7 Å². The van der Waals surface area contributed by atoms with Gasteiger partial charge in [-0.3, -0.25) is 0 Å². The number of hydrogen-bond acceptors (Lipinski definition) is 2. The second-order valence-corrected chi connectivity index (χ2v) is 12.3. The zero-order valence-electron chi connectivity index (χ0n) is 20.9. The molecule has 0 atom stereocenters. The molecule has 0 saturated carbocycles. The zero-order chi connectivity index (χ0) is 25.5. The Morgan fingerprint density at radius 1 is 0.410 bits per heavy atom. The van der Waals surface area contributed by atoms with E-state index in [1.165, 1.54) is 79.0 Å². The fourth-order valence-electron chi connectivity index (χ4n) is 6.25. The lowest BCUT2D eigenvalue weighted by atomic mass is 10.0. The van der Waals surface area contributed by atoms with Crippen molar-refractivity contribution in [2.45, 2.75) is 0 Å². The Kier molecular flexibility index (Phi) is 4.43. The molecule has 3 aromatic heterocycles. The molecule has 1 nitrogen and oxygen atoms in total. The monoisotopic (exact) mass is 531 g/mol. The smallest absolute Gasteiger partial charge is 0.0541 e. The largest absolute Gasteiger partial charge is 0.309 e. The van der Waals surface area contributed by atoms with E-state index < -0.39 is 0 Å². The van der Waals surface area contributed by atoms with Crippen LogP contribution in [0.1, 0.15) is 0 Å². The van der Waals surface area contributed by atoms with Gasteiger partial charge in [0.05, 0.1) is 11.0 Å². The molecular formula is C36H21NS2. The Balaban J connectivity index is 1.26. The van der Waals surface area contributed by atoms with Gasteiger partial charge in [-0.05, 0) is 47.5 Å². The predicted octanol–water partition coefficient (Wildman–Crippen LogP) is 11.2. The molecular weight excluding hydrogens is 511 g/mol. The fourth-order valence-corrected chi connectivity index (χ4v) is 8.66. The van der Waals surface area contributed by atoms with Gasteiger partial charge < -0.3 is 4.57 Å². The second kappa shape index (κ2) is 8.03. The van der Waals surface area contributed by atoms with Gasteiger partial charge in [-0.15, -0.1) is 22.7 Å². The quantitative estimate of drug-likeness (QED) is 0.209. The van der Waals surface area contributed by atoms with E-state index in [1.807, 2.05) is 22.7 Å². The summed E-state index contributed by atoms with van der Waals surface area (Å²) < 4.78 is 7.78. The molecule has 3 heterocycles. The first-order chi connectivity index (χ1) is 19.3. The normalized spacial score (nSPS) is 12.1. The highest BCUT2D eigenvalue weighted by Crippen LogP contribution is 2.43. The maximum Gasteiger partial charge on any atom is 0.0541 e. The average Bonchev–Trinajstić information content (AvgIpc) is 3.65. The first-order valence-corrected chi connectivity index (χ1v) is 14.8. The summed E-state index contributed by atoms with van der Waals surface area (Å²) in [7, 11) is 0. The maximum atomic E-state index is 2.41. The Morgan fingerprint density at radius 3 is 1.85 bits per heavy atom. The lowest BCUT2D eigenvalue weighted by Crippen LogP contribution is -1.92. The third kappa shape index (κ3) is 3.06. The van der Waals surface area contributed by atoms with E-state index in [4.69, 9.17) is 0 Å². The molecule has 6 aromatic carbocycles. The molecule has 0 aliphatic heterocycles. The summed E-state index contributed by atoms with van der Waals surface area (Å²) in [5.41, 5.74) is 6.30. The molecule has 0 fully saturated rings. The van der Waals surface area contributed by atoms with Crippen LogP contribution in [0, 0.1) is 0 Å². The highest BCUT2D eigenvalue weighted by Gasteiger charge is 2.15. The summed E-state index contributed by atoms with van der Waals surface area (Å²) in [6, 6.07) is 46.9. The van der Waals surface area contributed by atoms with Crippen molar-refractivity contribution in [2.75, 3.05) is 0 Å². The molecule has 9 aromatic rings. The zero-order valence-corrected chi connectivity index (χ0v) is 22.5. The number of rotatable bonds is 2. The van der Waals surface area contributed by atoms with Gasteiger partial charge in [-0.1, -0.05) is 91.0 Å². The molecule has 9 rings (SSSR count). The summed E-state index contributed by atoms with van der Waals surface area (Å²) >= 11 is 3.79. The molecule has 39 heavy (non-hydrogen) atoms. The third-order valence-electron chi connectivity index (χ3n) is 8.01. The highest BCUT2D eigenvalue weighted by atomic mass is 32.1. The number of para-hydroxylation sites is 2. The van der Waals surface area contributed by atoms with Gasteiger partial charge in [0.2, 0.25) is 0 Å². The van der Waals surface area contributed by atoms with Crippen LogP contribution in [0.5, 0.6) is 0 Å². The minimum Gasteiger partial charge on any atom is -0.309 e. The van der Waals surface area contributed by atoms with Gasteiger partial charge in [0.15, 0.2) is 0 Å². The summed E-state index contributed by atoms with van der Waals surface area (Å²) in [6.45, 7) is 0. The number of fused-ring (bicyclic) bond motifs is 9. The topological polar surface area (TPSA) is 4.93 Å². The third-order valence-corrected chi connectivity index (χ3v) is 10.3. The van der Waals surface area contributed by atoms with Gasteiger partial charge in [0, 0.05) is 56.8 Å². The van der Waals surface area contributed by atoms with E-state index in [2.05, 4.69) is 132 Å². The maximum absolute atomic E-state index is 2.41.